The zero-order valence-corrected chi connectivity index (χ0v) is 7.22. The molecule has 0 aromatic rings. The first-order valence-electron chi connectivity index (χ1n) is 3.71. The van der Waals surface area contributed by atoms with E-state index in [1.165, 1.54) is 0 Å². The Kier molecular flexibility index (Phi) is 1.71. The van der Waals surface area contributed by atoms with E-state index in [0.29, 0.717) is 11.3 Å². The molecule has 0 saturated heterocycles. The normalized spacial score (nSPS) is 26.0. The molecular formula is C8H16NO+. The first-order chi connectivity index (χ1) is 4.50. The Bertz CT molecular complexity index is 155. The van der Waals surface area contributed by atoms with Crippen LogP contribution in [0.2, 0.25) is 0 Å². The number of hydrogen-bond acceptors (Lipinski definition) is 1. The van der Waals surface area contributed by atoms with Gasteiger partial charge in [-0.2, -0.15) is 0 Å². The molecule has 1 aliphatic rings. The fourth-order valence-corrected chi connectivity index (χ4v) is 1.01. The van der Waals surface area contributed by atoms with Gasteiger partial charge in [-0.15, -0.1) is 0 Å². The van der Waals surface area contributed by atoms with E-state index >= 15 is 0 Å². The van der Waals surface area contributed by atoms with Gasteiger partial charge in [0.25, 0.3) is 0 Å². The van der Waals surface area contributed by atoms with Gasteiger partial charge in [-0.3, -0.25) is 4.84 Å². The van der Waals surface area contributed by atoms with E-state index in [1.807, 2.05) is 7.05 Å². The van der Waals surface area contributed by atoms with E-state index in [4.69, 9.17) is 4.84 Å². The summed E-state index contributed by atoms with van der Waals surface area (Å²) in [5, 5.41) is 0. The van der Waals surface area contributed by atoms with Crippen molar-refractivity contribution in [3.05, 3.63) is 0 Å². The number of rotatable bonds is 0. The van der Waals surface area contributed by atoms with Gasteiger partial charge in [0.2, 0.25) is 0 Å². The van der Waals surface area contributed by atoms with E-state index in [1.54, 1.807) is 4.74 Å². The summed E-state index contributed by atoms with van der Waals surface area (Å²) in [5.41, 5.74) is 0.338. The molecule has 1 aliphatic heterocycles. The largest absolute Gasteiger partial charge is 0.277 e. The maximum absolute atomic E-state index is 5.27. The molecule has 0 radical (unpaired) electrons. The number of hydroxylamine groups is 1. The van der Waals surface area contributed by atoms with Crippen molar-refractivity contribution < 1.29 is 9.58 Å². The molecule has 0 spiro atoms. The third-order valence-electron chi connectivity index (χ3n) is 1.96. The second-order valence-corrected chi connectivity index (χ2v) is 3.96. The van der Waals surface area contributed by atoms with E-state index in [2.05, 4.69) is 27.0 Å². The van der Waals surface area contributed by atoms with Crippen LogP contribution in [0.1, 0.15) is 20.8 Å². The van der Waals surface area contributed by atoms with Crippen molar-refractivity contribution in [1.29, 1.82) is 0 Å². The average molecular weight is 142 g/mol. The molecular weight excluding hydrogens is 126 g/mol. The second kappa shape index (κ2) is 2.26. The van der Waals surface area contributed by atoms with Crippen LogP contribution in [0, 0.1) is 11.3 Å². The van der Waals surface area contributed by atoms with Crippen LogP contribution in [0.4, 0.5) is 0 Å². The summed E-state index contributed by atoms with van der Waals surface area (Å²) in [6.07, 6.45) is 2.14. The first-order valence-corrected chi connectivity index (χ1v) is 3.71. The van der Waals surface area contributed by atoms with Crippen molar-refractivity contribution in [2.45, 2.75) is 20.8 Å². The van der Waals surface area contributed by atoms with Gasteiger partial charge in [0.15, 0.2) is 19.9 Å². The molecule has 2 nitrogen and oxygen atoms in total. The Labute approximate surface area is 62.5 Å². The van der Waals surface area contributed by atoms with Crippen molar-refractivity contribution in [3.8, 4) is 0 Å². The Hall–Kier alpha value is -0.530. The summed E-state index contributed by atoms with van der Waals surface area (Å²) in [6.45, 7) is 7.53. The van der Waals surface area contributed by atoms with Gasteiger partial charge in [0, 0.05) is 0 Å². The summed E-state index contributed by atoms with van der Waals surface area (Å²) in [5.74, 6) is 0.567. The smallest absolute Gasteiger partial charge is 0.199 e. The van der Waals surface area contributed by atoms with Crippen molar-refractivity contribution in [2.24, 2.45) is 11.3 Å². The quantitative estimate of drug-likeness (QED) is 0.464. The minimum Gasteiger partial charge on any atom is -0.277 e. The van der Waals surface area contributed by atoms with Crippen LogP contribution in [0.3, 0.4) is 0 Å². The molecule has 0 amide bonds. The highest BCUT2D eigenvalue weighted by atomic mass is 16.7. The molecule has 0 aliphatic carbocycles. The highest BCUT2D eigenvalue weighted by Crippen LogP contribution is 2.26. The molecule has 10 heavy (non-hydrogen) atoms. The predicted molar refractivity (Wildman–Crippen MR) is 41.1 cm³/mol. The highest BCUT2D eigenvalue weighted by molar-refractivity contribution is 5.57. The lowest BCUT2D eigenvalue weighted by atomic mass is 9.82. The van der Waals surface area contributed by atoms with Gasteiger partial charge in [-0.25, -0.2) is 0 Å². The third-order valence-corrected chi connectivity index (χ3v) is 1.96. The summed E-state index contributed by atoms with van der Waals surface area (Å²) in [6, 6.07) is 0. The molecule has 1 heterocycles. The zero-order chi connectivity index (χ0) is 7.78. The van der Waals surface area contributed by atoms with Crippen molar-refractivity contribution in [3.63, 3.8) is 0 Å². The minimum absolute atomic E-state index is 0.338. The molecule has 1 unspecified atom stereocenters. The van der Waals surface area contributed by atoms with Crippen molar-refractivity contribution >= 4 is 6.21 Å². The van der Waals surface area contributed by atoms with Gasteiger partial charge < -0.3 is 0 Å². The summed E-state index contributed by atoms with van der Waals surface area (Å²) < 4.78 is 1.80. The molecule has 0 N–H and O–H groups in total. The van der Waals surface area contributed by atoms with Crippen molar-refractivity contribution in [1.82, 2.24) is 0 Å². The van der Waals surface area contributed by atoms with E-state index in [-0.39, 0.29) is 0 Å². The zero-order valence-electron chi connectivity index (χ0n) is 7.22. The molecule has 58 valence electrons. The Morgan fingerprint density at radius 2 is 2.10 bits per heavy atom. The summed E-state index contributed by atoms with van der Waals surface area (Å²) >= 11 is 0. The fourth-order valence-electron chi connectivity index (χ4n) is 1.01. The minimum atomic E-state index is 0.338. The van der Waals surface area contributed by atoms with Crippen LogP contribution < -0.4 is 0 Å². The topological polar surface area (TPSA) is 12.2 Å². The highest BCUT2D eigenvalue weighted by Gasteiger charge is 2.32. The number of nitrogens with zero attached hydrogens (tertiary/aromatic N) is 1. The van der Waals surface area contributed by atoms with Gasteiger partial charge >= 0.3 is 0 Å². The summed E-state index contributed by atoms with van der Waals surface area (Å²) in [7, 11) is 1.94. The SMILES string of the molecule is C[N+]1=CC(C(C)(C)C)CO1. The van der Waals surface area contributed by atoms with Gasteiger partial charge in [-0.05, 0) is 10.2 Å². The van der Waals surface area contributed by atoms with Crippen LogP contribution in [-0.4, -0.2) is 24.6 Å². The first kappa shape index (κ1) is 7.58. The van der Waals surface area contributed by atoms with Crippen LogP contribution in [-0.2, 0) is 4.84 Å². The molecule has 0 aromatic heterocycles. The molecule has 1 atom stereocenters. The van der Waals surface area contributed by atoms with Crippen molar-refractivity contribution in [2.75, 3.05) is 13.7 Å². The Balaban J connectivity index is 2.61. The number of hydrogen-bond donors (Lipinski definition) is 0. The maximum Gasteiger partial charge on any atom is 0.199 e. The van der Waals surface area contributed by atoms with E-state index < -0.39 is 0 Å². The molecule has 2 heteroatoms. The molecule has 1 rings (SSSR count). The lowest BCUT2D eigenvalue weighted by molar-refractivity contribution is -0.755. The van der Waals surface area contributed by atoms with E-state index in [9.17, 15) is 0 Å². The standard InChI is InChI=1S/C8H16NO/c1-8(2,3)7-5-9(4)10-6-7/h5,7H,6H2,1-4H3/q+1. The molecule has 0 saturated carbocycles. The van der Waals surface area contributed by atoms with Crippen LogP contribution in [0.15, 0.2) is 0 Å². The molecule has 0 fully saturated rings. The van der Waals surface area contributed by atoms with Crippen LogP contribution in [0.25, 0.3) is 0 Å². The lowest BCUT2D eigenvalue weighted by Gasteiger charge is -2.19. The van der Waals surface area contributed by atoms with Gasteiger partial charge in [-0.1, -0.05) is 20.8 Å². The van der Waals surface area contributed by atoms with Gasteiger partial charge in [0.1, 0.15) is 0 Å². The Morgan fingerprint density at radius 1 is 1.50 bits per heavy atom. The van der Waals surface area contributed by atoms with Crippen LogP contribution >= 0.6 is 0 Å². The fraction of sp³-hybridized carbons (Fsp3) is 0.875. The monoisotopic (exact) mass is 142 g/mol. The summed E-state index contributed by atoms with van der Waals surface area (Å²) in [4.78, 5) is 5.27. The van der Waals surface area contributed by atoms with Crippen LogP contribution in [0.5, 0.6) is 0 Å². The average Bonchev–Trinajstić information content (AvgIpc) is 2.11. The lowest BCUT2D eigenvalue weighted by Crippen LogP contribution is -2.22. The molecule has 0 aromatic carbocycles. The third kappa shape index (κ3) is 1.49. The predicted octanol–water partition coefficient (Wildman–Crippen LogP) is 1.31. The van der Waals surface area contributed by atoms with E-state index in [0.717, 1.165) is 6.61 Å². The maximum atomic E-state index is 5.27. The Morgan fingerprint density at radius 3 is 2.30 bits per heavy atom. The van der Waals surface area contributed by atoms with Gasteiger partial charge in [0.05, 0.1) is 5.92 Å². The second-order valence-electron chi connectivity index (χ2n) is 3.96. The molecule has 0 bridgehead atoms.